The van der Waals surface area contributed by atoms with Crippen molar-refractivity contribution in [1.29, 1.82) is 0 Å². The lowest BCUT2D eigenvalue weighted by Crippen LogP contribution is -2.17. The second-order valence-electron chi connectivity index (χ2n) is 3.32. The van der Waals surface area contributed by atoms with Crippen LogP contribution < -0.4 is 5.43 Å². The molecule has 84 valence electrons. The first-order valence-corrected chi connectivity index (χ1v) is 5.17. The molecule has 0 spiro atoms. The Labute approximate surface area is 88.4 Å². The molecule has 0 aliphatic carbocycles. The van der Waals surface area contributed by atoms with Crippen LogP contribution in [0.15, 0.2) is 12.4 Å². The van der Waals surface area contributed by atoms with Gasteiger partial charge in [0.1, 0.15) is 12.4 Å². The molecule has 0 saturated heterocycles. The van der Waals surface area contributed by atoms with E-state index in [0.29, 0.717) is 0 Å². The Kier molecular flexibility index (Phi) is 4.59. The van der Waals surface area contributed by atoms with E-state index in [9.17, 15) is 10.1 Å². The lowest BCUT2D eigenvalue weighted by Gasteiger charge is -2.04. The molecule has 0 aliphatic rings. The standard InChI is InChI=1S/C9H16N4O2/c1-2-3-4-5-6-11-12-8-7-10-9(12)13(14)15/h7-8,11H,2-6H2,1H3. The number of unbranched alkanes of at least 4 members (excludes halogenated alkanes) is 3. The minimum Gasteiger partial charge on any atom is -0.390 e. The fourth-order valence-electron chi connectivity index (χ4n) is 1.31. The Hall–Kier alpha value is -1.59. The van der Waals surface area contributed by atoms with Crippen LogP contribution >= 0.6 is 0 Å². The van der Waals surface area contributed by atoms with Crippen LogP contribution in [0.3, 0.4) is 0 Å². The molecule has 1 heterocycles. The van der Waals surface area contributed by atoms with Crippen LogP contribution in [0.4, 0.5) is 5.95 Å². The molecule has 1 N–H and O–H groups in total. The molecule has 0 radical (unpaired) electrons. The number of nitrogens with zero attached hydrogens (tertiary/aromatic N) is 3. The maximum atomic E-state index is 10.5. The lowest BCUT2D eigenvalue weighted by atomic mass is 10.2. The normalized spacial score (nSPS) is 10.2. The van der Waals surface area contributed by atoms with Crippen molar-refractivity contribution >= 4 is 5.95 Å². The van der Waals surface area contributed by atoms with Crippen LogP contribution in [0.5, 0.6) is 0 Å². The highest BCUT2D eigenvalue weighted by molar-refractivity contribution is 5.08. The topological polar surface area (TPSA) is 73.0 Å². The monoisotopic (exact) mass is 212 g/mol. The maximum absolute atomic E-state index is 10.5. The summed E-state index contributed by atoms with van der Waals surface area (Å²) in [6.45, 7) is 2.88. The van der Waals surface area contributed by atoms with Crippen LogP contribution in [0.2, 0.25) is 0 Å². The van der Waals surface area contributed by atoms with Gasteiger partial charge in [0.25, 0.3) is 0 Å². The second-order valence-corrected chi connectivity index (χ2v) is 3.32. The highest BCUT2D eigenvalue weighted by atomic mass is 16.6. The van der Waals surface area contributed by atoms with Crippen LogP contribution in [0, 0.1) is 10.1 Å². The quantitative estimate of drug-likeness (QED) is 0.425. The van der Waals surface area contributed by atoms with E-state index in [4.69, 9.17) is 0 Å². The van der Waals surface area contributed by atoms with Crippen LogP contribution in [-0.2, 0) is 0 Å². The Balaban J connectivity index is 2.31. The molecule has 0 amide bonds. The van der Waals surface area contributed by atoms with Crippen molar-refractivity contribution < 1.29 is 4.92 Å². The minimum atomic E-state index is -0.501. The third-order valence-electron chi connectivity index (χ3n) is 2.10. The molecule has 0 aliphatic heterocycles. The van der Waals surface area contributed by atoms with Gasteiger partial charge in [-0.25, -0.2) is 0 Å². The summed E-state index contributed by atoms with van der Waals surface area (Å²) in [4.78, 5) is 13.6. The van der Waals surface area contributed by atoms with Crippen molar-refractivity contribution in [1.82, 2.24) is 9.66 Å². The zero-order valence-corrected chi connectivity index (χ0v) is 8.85. The first kappa shape index (κ1) is 11.5. The highest BCUT2D eigenvalue weighted by Crippen LogP contribution is 2.05. The van der Waals surface area contributed by atoms with E-state index in [1.54, 1.807) is 6.20 Å². The summed E-state index contributed by atoms with van der Waals surface area (Å²) < 4.78 is 1.35. The van der Waals surface area contributed by atoms with Gasteiger partial charge in [-0.2, -0.15) is 0 Å². The van der Waals surface area contributed by atoms with E-state index in [1.807, 2.05) is 0 Å². The lowest BCUT2D eigenvalue weighted by molar-refractivity contribution is -0.396. The summed E-state index contributed by atoms with van der Waals surface area (Å²) in [5.74, 6) is -0.162. The molecule has 6 nitrogen and oxygen atoms in total. The fraction of sp³-hybridized carbons (Fsp3) is 0.667. The molecule has 0 unspecified atom stereocenters. The van der Waals surface area contributed by atoms with Crippen molar-refractivity contribution in [2.75, 3.05) is 12.0 Å². The third kappa shape index (κ3) is 3.57. The van der Waals surface area contributed by atoms with E-state index in [2.05, 4.69) is 17.3 Å². The molecule has 1 aromatic heterocycles. The van der Waals surface area contributed by atoms with Crippen molar-refractivity contribution in [2.45, 2.75) is 32.6 Å². The number of aromatic nitrogens is 2. The molecule has 0 saturated carbocycles. The van der Waals surface area contributed by atoms with Gasteiger partial charge in [0.15, 0.2) is 0 Å². The number of imidazole rings is 1. The van der Waals surface area contributed by atoms with Gasteiger partial charge in [-0.3, -0.25) is 5.43 Å². The van der Waals surface area contributed by atoms with Gasteiger partial charge in [0.2, 0.25) is 0 Å². The van der Waals surface area contributed by atoms with Gasteiger partial charge in [-0.1, -0.05) is 31.2 Å². The van der Waals surface area contributed by atoms with E-state index in [1.165, 1.54) is 23.7 Å². The molecule has 0 bridgehead atoms. The van der Waals surface area contributed by atoms with Crippen LogP contribution in [-0.4, -0.2) is 21.1 Å². The predicted octanol–water partition coefficient (Wildman–Crippen LogP) is 1.92. The van der Waals surface area contributed by atoms with E-state index in [0.717, 1.165) is 19.4 Å². The van der Waals surface area contributed by atoms with Gasteiger partial charge >= 0.3 is 5.95 Å². The summed E-state index contributed by atoms with van der Waals surface area (Å²) in [5.41, 5.74) is 2.95. The first-order chi connectivity index (χ1) is 7.25. The summed E-state index contributed by atoms with van der Waals surface area (Å²) in [5, 5.41) is 10.5. The maximum Gasteiger partial charge on any atom is 0.456 e. The Morgan fingerprint density at radius 2 is 2.33 bits per heavy atom. The molecule has 1 rings (SSSR count). The Morgan fingerprint density at radius 3 is 3.00 bits per heavy atom. The Bertz CT molecular complexity index is 311. The summed E-state index contributed by atoms with van der Waals surface area (Å²) >= 11 is 0. The molecule has 0 atom stereocenters. The average Bonchev–Trinajstić information content (AvgIpc) is 2.66. The van der Waals surface area contributed by atoms with Crippen molar-refractivity contribution in [2.24, 2.45) is 0 Å². The number of hydrogen-bond acceptors (Lipinski definition) is 4. The van der Waals surface area contributed by atoms with Gasteiger partial charge in [-0.15, -0.1) is 4.68 Å². The fourth-order valence-corrected chi connectivity index (χ4v) is 1.31. The van der Waals surface area contributed by atoms with Crippen molar-refractivity contribution in [3.05, 3.63) is 22.5 Å². The van der Waals surface area contributed by atoms with E-state index >= 15 is 0 Å². The zero-order valence-electron chi connectivity index (χ0n) is 8.85. The van der Waals surface area contributed by atoms with Crippen LogP contribution in [0.25, 0.3) is 0 Å². The number of hydrogen-bond donors (Lipinski definition) is 1. The molecular formula is C9H16N4O2. The second kappa shape index (κ2) is 6.00. The molecule has 15 heavy (non-hydrogen) atoms. The predicted molar refractivity (Wildman–Crippen MR) is 57.3 cm³/mol. The van der Waals surface area contributed by atoms with Crippen molar-refractivity contribution in [3.8, 4) is 0 Å². The summed E-state index contributed by atoms with van der Waals surface area (Å²) in [6.07, 6.45) is 7.52. The summed E-state index contributed by atoms with van der Waals surface area (Å²) in [6, 6.07) is 0. The molecule has 0 aromatic carbocycles. The number of nitrogens with one attached hydrogen (secondary N) is 1. The molecule has 6 heteroatoms. The highest BCUT2D eigenvalue weighted by Gasteiger charge is 2.12. The third-order valence-corrected chi connectivity index (χ3v) is 2.10. The average molecular weight is 212 g/mol. The largest absolute Gasteiger partial charge is 0.456 e. The SMILES string of the molecule is CCCCCCNn1ccnc1[N+](=O)[O-]. The van der Waals surface area contributed by atoms with Crippen LogP contribution in [0.1, 0.15) is 32.6 Å². The van der Waals surface area contributed by atoms with Gasteiger partial charge in [0.05, 0.1) is 0 Å². The van der Waals surface area contributed by atoms with Gasteiger partial charge < -0.3 is 10.1 Å². The van der Waals surface area contributed by atoms with E-state index in [-0.39, 0.29) is 5.95 Å². The van der Waals surface area contributed by atoms with Gasteiger partial charge in [0, 0.05) is 6.54 Å². The minimum absolute atomic E-state index is 0.162. The molecule has 0 fully saturated rings. The number of nitro groups is 1. The van der Waals surface area contributed by atoms with E-state index < -0.39 is 4.92 Å². The van der Waals surface area contributed by atoms with Crippen molar-refractivity contribution in [3.63, 3.8) is 0 Å². The molecule has 1 aromatic rings. The zero-order chi connectivity index (χ0) is 11.1. The molecular weight excluding hydrogens is 196 g/mol. The Morgan fingerprint density at radius 1 is 1.53 bits per heavy atom. The summed E-state index contributed by atoms with van der Waals surface area (Å²) in [7, 11) is 0. The number of rotatable bonds is 7. The first-order valence-electron chi connectivity index (χ1n) is 5.17. The smallest absolute Gasteiger partial charge is 0.390 e. The van der Waals surface area contributed by atoms with Gasteiger partial charge in [-0.05, 0) is 11.3 Å².